The quantitative estimate of drug-likeness (QED) is 0.0905. The maximum Gasteiger partial charge on any atom is 0.322 e. The zero-order valence-electron chi connectivity index (χ0n) is 32.7. The third kappa shape index (κ3) is 9.06. The molecule has 0 aliphatic carbocycles. The van der Waals surface area contributed by atoms with E-state index in [4.69, 9.17) is 14.7 Å². The number of unbranched alkanes of at least 4 members (excludes halogenated alkanes) is 3. The van der Waals surface area contributed by atoms with Crippen molar-refractivity contribution in [3.05, 3.63) is 70.9 Å². The first-order chi connectivity index (χ1) is 27.5. The SMILES string of the molecule is CC(C)c1cnn2c(NCc3ccc(NC(=O)CCCCCCNc4cccc5c4C(=O)N(C4CCC(=O)NC4=O)C5=O)cc3)nc(OC3CCN(C)CC3)nc12. The van der Waals surface area contributed by atoms with Gasteiger partial charge in [-0.05, 0) is 74.9 Å². The Labute approximate surface area is 331 Å². The highest BCUT2D eigenvalue weighted by Gasteiger charge is 2.45. The maximum atomic E-state index is 13.3. The Morgan fingerprint density at radius 2 is 1.70 bits per heavy atom. The summed E-state index contributed by atoms with van der Waals surface area (Å²) in [7, 11) is 2.12. The molecule has 2 saturated heterocycles. The summed E-state index contributed by atoms with van der Waals surface area (Å²) in [5, 5.41) is 16.4. The Bertz CT molecular complexity index is 2140. The van der Waals surface area contributed by atoms with Crippen LogP contribution in [0.4, 0.5) is 17.3 Å². The number of nitrogens with zero attached hydrogens (tertiary/aromatic N) is 6. The molecular formula is C41H50N10O6. The van der Waals surface area contributed by atoms with E-state index in [1.807, 2.05) is 30.5 Å². The lowest BCUT2D eigenvalue weighted by atomic mass is 10.0. The van der Waals surface area contributed by atoms with Gasteiger partial charge in [-0.2, -0.15) is 19.6 Å². The van der Waals surface area contributed by atoms with Gasteiger partial charge in [-0.15, -0.1) is 0 Å². The number of benzene rings is 2. The van der Waals surface area contributed by atoms with Crippen LogP contribution in [0.15, 0.2) is 48.7 Å². The van der Waals surface area contributed by atoms with Crippen LogP contribution in [0.2, 0.25) is 0 Å². The average Bonchev–Trinajstić information content (AvgIpc) is 3.73. The number of imide groups is 2. The highest BCUT2D eigenvalue weighted by Crippen LogP contribution is 2.32. The molecule has 1 atom stereocenters. The van der Waals surface area contributed by atoms with Crippen LogP contribution in [0.25, 0.3) is 5.65 Å². The number of likely N-dealkylation sites (tertiary alicyclic amines) is 1. The van der Waals surface area contributed by atoms with Crippen LogP contribution in [0.5, 0.6) is 6.01 Å². The van der Waals surface area contributed by atoms with Crippen molar-refractivity contribution < 1.29 is 28.7 Å². The summed E-state index contributed by atoms with van der Waals surface area (Å²) < 4.78 is 7.99. The molecule has 3 aliphatic rings. The third-order valence-electron chi connectivity index (χ3n) is 10.7. The molecule has 57 heavy (non-hydrogen) atoms. The summed E-state index contributed by atoms with van der Waals surface area (Å²) in [4.78, 5) is 75.8. The molecular weight excluding hydrogens is 729 g/mol. The molecule has 1 unspecified atom stereocenters. The molecule has 16 nitrogen and oxygen atoms in total. The number of anilines is 3. The van der Waals surface area contributed by atoms with Crippen molar-refractivity contribution in [2.75, 3.05) is 42.6 Å². The second-order valence-corrected chi connectivity index (χ2v) is 15.3. The van der Waals surface area contributed by atoms with E-state index < -0.39 is 29.7 Å². The molecule has 2 fully saturated rings. The molecule has 5 amide bonds. The zero-order valence-corrected chi connectivity index (χ0v) is 32.7. The predicted molar refractivity (Wildman–Crippen MR) is 213 cm³/mol. The summed E-state index contributed by atoms with van der Waals surface area (Å²) in [6.45, 7) is 7.24. The zero-order chi connectivity index (χ0) is 40.1. The fraction of sp³-hybridized carbons (Fsp3) is 0.463. The molecule has 5 heterocycles. The van der Waals surface area contributed by atoms with Crippen LogP contribution in [0, 0.1) is 0 Å². The predicted octanol–water partition coefficient (Wildman–Crippen LogP) is 4.74. The van der Waals surface area contributed by atoms with Gasteiger partial charge in [0.05, 0.1) is 17.3 Å². The molecule has 7 rings (SSSR count). The summed E-state index contributed by atoms with van der Waals surface area (Å²) >= 11 is 0. The average molecular weight is 779 g/mol. The van der Waals surface area contributed by atoms with E-state index in [0.717, 1.165) is 79.0 Å². The number of aromatic nitrogens is 4. The smallest absolute Gasteiger partial charge is 0.322 e. The summed E-state index contributed by atoms with van der Waals surface area (Å²) in [5.41, 5.74) is 4.51. The number of amides is 5. The standard InChI is InChI=1S/C41H50N10O6/c1-25(2)30-24-44-51-36(30)47-41(57-28-18-21-49(3)22-19-28)48-40(51)43-23-26-12-14-27(15-13-26)45-33(52)11-6-4-5-7-20-42-31-10-8-9-29-35(31)39(56)50(38(29)55)32-16-17-34(53)46-37(32)54/h8-10,12-15,24-25,28,32,42H,4-7,11,16-23H2,1-3H3,(H,45,52)(H,43,47,48)(H,46,53,54). The lowest BCUT2D eigenvalue weighted by molar-refractivity contribution is -0.136. The Kier molecular flexibility index (Phi) is 12.1. The first-order valence-corrected chi connectivity index (χ1v) is 19.9. The van der Waals surface area contributed by atoms with Gasteiger partial charge in [-0.25, -0.2) is 0 Å². The molecule has 0 bridgehead atoms. The summed E-state index contributed by atoms with van der Waals surface area (Å²) in [6, 6.07) is 12.1. The third-order valence-corrected chi connectivity index (χ3v) is 10.7. The van der Waals surface area contributed by atoms with Gasteiger partial charge in [0.1, 0.15) is 12.1 Å². The fourth-order valence-electron chi connectivity index (χ4n) is 7.46. The normalized spacial score (nSPS) is 17.6. The first kappa shape index (κ1) is 39.3. The fourth-order valence-corrected chi connectivity index (χ4v) is 7.46. The Morgan fingerprint density at radius 1 is 0.930 bits per heavy atom. The van der Waals surface area contributed by atoms with Gasteiger partial charge in [-0.1, -0.05) is 44.9 Å². The Balaban J connectivity index is 0.837. The van der Waals surface area contributed by atoms with E-state index in [1.54, 1.807) is 22.7 Å². The number of nitrogens with one attached hydrogen (secondary N) is 4. The van der Waals surface area contributed by atoms with E-state index >= 15 is 0 Å². The van der Waals surface area contributed by atoms with Gasteiger partial charge < -0.3 is 25.6 Å². The van der Waals surface area contributed by atoms with Crippen molar-refractivity contribution in [2.24, 2.45) is 0 Å². The molecule has 0 saturated carbocycles. The van der Waals surface area contributed by atoms with Gasteiger partial charge in [0.2, 0.25) is 23.7 Å². The van der Waals surface area contributed by atoms with Gasteiger partial charge in [0.25, 0.3) is 11.8 Å². The minimum atomic E-state index is -1.00. The van der Waals surface area contributed by atoms with Crippen LogP contribution in [-0.2, 0) is 20.9 Å². The van der Waals surface area contributed by atoms with Crippen molar-refractivity contribution in [1.29, 1.82) is 0 Å². The lowest BCUT2D eigenvalue weighted by Crippen LogP contribution is -2.54. The molecule has 4 aromatic rings. The number of fused-ring (bicyclic) bond motifs is 2. The Morgan fingerprint density at radius 3 is 2.46 bits per heavy atom. The number of hydrogen-bond acceptors (Lipinski definition) is 12. The van der Waals surface area contributed by atoms with Crippen molar-refractivity contribution in [3.8, 4) is 6.01 Å². The molecule has 3 aliphatic heterocycles. The van der Waals surface area contributed by atoms with Gasteiger partial charge in [0, 0.05) is 56.0 Å². The lowest BCUT2D eigenvalue weighted by Gasteiger charge is -2.28. The molecule has 0 radical (unpaired) electrons. The van der Waals surface area contributed by atoms with E-state index in [9.17, 15) is 24.0 Å². The summed E-state index contributed by atoms with van der Waals surface area (Å²) in [5.74, 6) is -1.37. The van der Waals surface area contributed by atoms with Crippen LogP contribution in [0.3, 0.4) is 0 Å². The minimum Gasteiger partial charge on any atom is -0.460 e. The van der Waals surface area contributed by atoms with Crippen LogP contribution in [0.1, 0.15) is 109 Å². The first-order valence-electron chi connectivity index (χ1n) is 19.9. The van der Waals surface area contributed by atoms with Gasteiger partial charge >= 0.3 is 6.01 Å². The second-order valence-electron chi connectivity index (χ2n) is 15.3. The monoisotopic (exact) mass is 778 g/mol. The topological polar surface area (TPSA) is 192 Å². The highest BCUT2D eigenvalue weighted by atomic mass is 16.5. The maximum absolute atomic E-state index is 13.3. The van der Waals surface area contributed by atoms with Crippen LogP contribution >= 0.6 is 0 Å². The molecule has 2 aromatic carbocycles. The molecule has 0 spiro atoms. The molecule has 300 valence electrons. The number of carbonyl (C=O) groups excluding carboxylic acids is 5. The van der Waals surface area contributed by atoms with Crippen LogP contribution < -0.4 is 26.0 Å². The summed E-state index contributed by atoms with van der Waals surface area (Å²) in [6.07, 6.45) is 7.58. The number of rotatable bonds is 16. The second kappa shape index (κ2) is 17.5. The van der Waals surface area contributed by atoms with E-state index in [2.05, 4.69) is 52.2 Å². The van der Waals surface area contributed by atoms with Crippen molar-refractivity contribution in [3.63, 3.8) is 0 Å². The molecule has 2 aromatic heterocycles. The van der Waals surface area contributed by atoms with Crippen LogP contribution in [-0.4, -0.2) is 97.7 Å². The van der Waals surface area contributed by atoms with E-state index in [0.29, 0.717) is 37.2 Å². The van der Waals surface area contributed by atoms with Crippen molar-refractivity contribution in [1.82, 2.24) is 34.7 Å². The molecule has 16 heteroatoms. The van der Waals surface area contributed by atoms with Crippen molar-refractivity contribution in [2.45, 2.75) is 96.2 Å². The molecule has 4 N–H and O–H groups in total. The highest BCUT2D eigenvalue weighted by molar-refractivity contribution is 6.25. The van der Waals surface area contributed by atoms with E-state index in [1.165, 1.54) is 0 Å². The number of hydrogen-bond donors (Lipinski definition) is 4. The van der Waals surface area contributed by atoms with Gasteiger partial charge in [0.15, 0.2) is 5.65 Å². The van der Waals surface area contributed by atoms with Crippen molar-refractivity contribution >= 4 is 52.5 Å². The number of ether oxygens (including phenoxy) is 1. The Hall–Kier alpha value is -5.90. The van der Waals surface area contributed by atoms with E-state index in [-0.39, 0.29) is 41.9 Å². The largest absolute Gasteiger partial charge is 0.460 e. The van der Waals surface area contributed by atoms with Gasteiger partial charge in [-0.3, -0.25) is 34.2 Å². The number of carbonyl (C=O) groups is 5. The number of piperidine rings is 2. The minimum absolute atomic E-state index is 0.0530.